The van der Waals surface area contributed by atoms with E-state index < -0.39 is 34.9 Å². The van der Waals surface area contributed by atoms with Gasteiger partial charge in [-0.05, 0) is 26.2 Å². The lowest BCUT2D eigenvalue weighted by Crippen LogP contribution is -3.00. The van der Waals surface area contributed by atoms with E-state index in [9.17, 15) is 18.1 Å². The molecule has 3 unspecified atom stereocenters. The fraction of sp³-hybridized carbons (Fsp3) is 1.00. The predicted molar refractivity (Wildman–Crippen MR) is 72.4 cm³/mol. The predicted octanol–water partition coefficient (Wildman–Crippen LogP) is -2.89. The maximum absolute atomic E-state index is 11.4. The van der Waals surface area contributed by atoms with Crippen molar-refractivity contribution in [1.29, 1.82) is 0 Å². The van der Waals surface area contributed by atoms with Gasteiger partial charge in [0.15, 0.2) is 0 Å². The lowest BCUT2D eigenvalue weighted by molar-refractivity contribution is -0.937. The molecule has 8 nitrogen and oxygen atoms in total. The molecule has 0 aromatic heterocycles. The second kappa shape index (κ2) is 7.08. The zero-order valence-electron chi connectivity index (χ0n) is 12.0. The Hall–Kier alpha value is 0.710. The van der Waals surface area contributed by atoms with Crippen molar-refractivity contribution >= 4 is 17.7 Å². The average Bonchev–Trinajstić information content (AvgIpc) is 2.29. The minimum Gasteiger partial charge on any atom is -1.00 e. The van der Waals surface area contributed by atoms with E-state index in [-0.39, 0.29) is 24.0 Å². The Bertz CT molecular complexity index is 510. The summed E-state index contributed by atoms with van der Waals surface area (Å²) in [7, 11) is -8.88. The van der Waals surface area contributed by atoms with Crippen LogP contribution < -0.4 is 24.0 Å². The third-order valence-electron chi connectivity index (χ3n) is 4.43. The van der Waals surface area contributed by atoms with Gasteiger partial charge in [0, 0.05) is 0 Å². The van der Waals surface area contributed by atoms with Crippen molar-refractivity contribution in [3.63, 3.8) is 0 Å². The summed E-state index contributed by atoms with van der Waals surface area (Å²) in [6, 6.07) is -0.437. The maximum Gasteiger partial charge on any atom is 0.375 e. The Morgan fingerprint density at radius 1 is 1.33 bits per heavy atom. The van der Waals surface area contributed by atoms with Gasteiger partial charge in [0.1, 0.15) is 0 Å². The normalized spacial score (nSPS) is 30.3. The van der Waals surface area contributed by atoms with Crippen LogP contribution in [0.2, 0.25) is 0 Å². The number of aliphatic hydroxyl groups is 1. The van der Waals surface area contributed by atoms with Gasteiger partial charge in [-0.25, -0.2) is 0 Å². The van der Waals surface area contributed by atoms with Crippen LogP contribution in [0.25, 0.3) is 0 Å². The van der Waals surface area contributed by atoms with Gasteiger partial charge in [0.2, 0.25) is 0 Å². The van der Waals surface area contributed by atoms with E-state index in [0.717, 1.165) is 19.4 Å². The lowest BCUT2D eigenvalue weighted by atomic mass is 9.96. The molecule has 1 rings (SSSR count). The van der Waals surface area contributed by atoms with E-state index in [1.807, 2.05) is 14.0 Å². The van der Waals surface area contributed by atoms with Crippen molar-refractivity contribution in [2.45, 2.75) is 43.3 Å². The lowest BCUT2D eigenvalue weighted by Gasteiger charge is -2.46. The Balaban J connectivity index is 0.00000400. The Labute approximate surface area is 142 Å². The van der Waals surface area contributed by atoms with Crippen molar-refractivity contribution in [3.8, 4) is 0 Å². The number of quaternary nitrogens is 1. The number of hydrogen-bond acceptors (Lipinski definition) is 4. The van der Waals surface area contributed by atoms with E-state index >= 15 is 0 Å². The van der Waals surface area contributed by atoms with Gasteiger partial charge in [-0.2, -0.15) is 8.42 Å². The second-order valence-electron chi connectivity index (χ2n) is 5.64. The molecule has 1 heterocycles. The summed E-state index contributed by atoms with van der Waals surface area (Å²) in [6.07, 6.45) is 1.59. The van der Waals surface area contributed by atoms with E-state index in [1.54, 1.807) is 0 Å². The van der Waals surface area contributed by atoms with Gasteiger partial charge in [-0.15, -0.1) is 0 Å². The zero-order chi connectivity index (χ0) is 15.8. The SMILES string of the molecule is CC[N+]1(C)CCCCC1CC(O)(P(=O)(O)O)S(=O)(=O)O.[I-]. The molecule has 1 saturated heterocycles. The molecule has 0 aromatic carbocycles. The topological polar surface area (TPSA) is 132 Å². The van der Waals surface area contributed by atoms with Crippen LogP contribution in [0.15, 0.2) is 0 Å². The Morgan fingerprint density at radius 3 is 2.24 bits per heavy atom. The molecule has 1 aliphatic heterocycles. The summed E-state index contributed by atoms with van der Waals surface area (Å²) in [5.74, 6) is 0. The number of likely N-dealkylation sites (tertiary alicyclic amines) is 1. The number of halogens is 1. The number of nitrogens with zero attached hydrogens (tertiary/aromatic N) is 1. The summed E-state index contributed by atoms with van der Waals surface area (Å²) in [5, 5.41) is 9.95. The molecule has 21 heavy (non-hydrogen) atoms. The van der Waals surface area contributed by atoms with Gasteiger partial charge < -0.3 is 43.4 Å². The molecule has 0 aliphatic carbocycles. The van der Waals surface area contributed by atoms with Gasteiger partial charge in [0.05, 0.1) is 32.6 Å². The first-order valence-corrected chi connectivity index (χ1v) is 9.52. The maximum atomic E-state index is 11.4. The Morgan fingerprint density at radius 2 is 1.86 bits per heavy atom. The molecule has 11 heteroatoms. The molecule has 0 bridgehead atoms. The van der Waals surface area contributed by atoms with Crippen molar-refractivity contribution in [2.75, 3.05) is 20.1 Å². The smallest absolute Gasteiger partial charge is 0.375 e. The molecular weight excluding hydrogens is 436 g/mol. The second-order valence-corrected chi connectivity index (χ2v) is 9.39. The van der Waals surface area contributed by atoms with Crippen LogP contribution in [0, 0.1) is 0 Å². The molecule has 1 fully saturated rings. The summed E-state index contributed by atoms with van der Waals surface area (Å²) >= 11 is 0. The fourth-order valence-electron chi connectivity index (χ4n) is 2.77. The first-order valence-electron chi connectivity index (χ1n) is 6.46. The quantitative estimate of drug-likeness (QED) is 0.150. The van der Waals surface area contributed by atoms with Crippen LogP contribution in [0.5, 0.6) is 0 Å². The first-order chi connectivity index (χ1) is 8.87. The van der Waals surface area contributed by atoms with Crippen molar-refractivity contribution in [3.05, 3.63) is 0 Å². The third-order valence-corrected chi connectivity index (χ3v) is 7.92. The van der Waals surface area contributed by atoms with Crippen LogP contribution in [-0.2, 0) is 14.7 Å². The van der Waals surface area contributed by atoms with Gasteiger partial charge >= 0.3 is 17.7 Å². The van der Waals surface area contributed by atoms with Gasteiger partial charge in [-0.1, -0.05) is 0 Å². The van der Waals surface area contributed by atoms with Gasteiger partial charge in [0.25, 0.3) is 4.67 Å². The standard InChI is InChI=1S/C10H22NO7PS.HI/c1-3-11(2)7-5-4-6-9(11)8-10(12,19(13,14)15)20(16,17)18;/h9,12H,3-8H2,1-2H3,(H2-,13,14,15,16,17,18);1H. The molecule has 0 saturated carbocycles. The van der Waals surface area contributed by atoms with Crippen LogP contribution in [0.4, 0.5) is 0 Å². The van der Waals surface area contributed by atoms with Crippen molar-refractivity contribution in [1.82, 2.24) is 0 Å². The highest BCUT2D eigenvalue weighted by Crippen LogP contribution is 2.55. The monoisotopic (exact) mass is 459 g/mol. The van der Waals surface area contributed by atoms with E-state index in [4.69, 9.17) is 14.3 Å². The molecule has 0 radical (unpaired) electrons. The average molecular weight is 459 g/mol. The van der Waals surface area contributed by atoms with Crippen molar-refractivity contribution < 1.29 is 60.9 Å². The fourth-order valence-corrected chi connectivity index (χ4v) is 4.82. The highest BCUT2D eigenvalue weighted by atomic mass is 127. The minimum absolute atomic E-state index is 0. The molecule has 3 atom stereocenters. The largest absolute Gasteiger partial charge is 1.00 e. The highest BCUT2D eigenvalue weighted by molar-refractivity contribution is 7.94. The molecule has 1 aliphatic rings. The molecule has 128 valence electrons. The minimum atomic E-state index is -5.44. The summed E-state index contributed by atoms with van der Waals surface area (Å²) in [5.41, 5.74) is 0. The molecular formula is C10H23INO7PS. The molecule has 0 aromatic rings. The summed E-state index contributed by atoms with van der Waals surface area (Å²) in [4.78, 5) is 18.3. The van der Waals surface area contributed by atoms with Gasteiger partial charge in [-0.3, -0.25) is 9.12 Å². The van der Waals surface area contributed by atoms with Crippen LogP contribution in [-0.4, -0.2) is 63.2 Å². The zero-order valence-corrected chi connectivity index (χ0v) is 15.9. The van der Waals surface area contributed by atoms with Crippen LogP contribution in [0.3, 0.4) is 0 Å². The molecule has 0 spiro atoms. The highest BCUT2D eigenvalue weighted by Gasteiger charge is 2.59. The number of rotatable bonds is 5. The van der Waals surface area contributed by atoms with E-state index in [1.165, 1.54) is 0 Å². The Kier molecular flexibility index (Phi) is 7.32. The summed E-state index contributed by atoms with van der Waals surface area (Å²) < 4.78 is 40.0. The van der Waals surface area contributed by atoms with E-state index in [0.29, 0.717) is 17.4 Å². The van der Waals surface area contributed by atoms with Crippen LogP contribution >= 0.6 is 7.60 Å². The number of hydrogen-bond donors (Lipinski definition) is 4. The summed E-state index contributed by atoms with van der Waals surface area (Å²) in [6.45, 7) is 3.28. The first kappa shape index (κ1) is 21.7. The molecule has 4 N–H and O–H groups in total. The van der Waals surface area contributed by atoms with Crippen LogP contribution in [0.1, 0.15) is 32.6 Å². The molecule has 0 amide bonds. The van der Waals surface area contributed by atoms with E-state index in [2.05, 4.69) is 0 Å². The number of piperidine rings is 1. The van der Waals surface area contributed by atoms with Crippen molar-refractivity contribution in [2.24, 2.45) is 0 Å². The third kappa shape index (κ3) is 4.37.